The largest absolute Gasteiger partial charge is 0.361 e. The van der Waals surface area contributed by atoms with Gasteiger partial charge in [0.05, 0.1) is 4.90 Å². The van der Waals surface area contributed by atoms with E-state index in [2.05, 4.69) is 10.1 Å². The predicted octanol–water partition coefficient (Wildman–Crippen LogP) is 2.26. The van der Waals surface area contributed by atoms with Gasteiger partial charge in [0.25, 0.3) is 0 Å². The highest BCUT2D eigenvalue weighted by Crippen LogP contribution is 2.26. The number of aryl methyl sites for hydroxylation is 1. The predicted molar refractivity (Wildman–Crippen MR) is 104 cm³/mol. The summed E-state index contributed by atoms with van der Waals surface area (Å²) in [6, 6.07) is 6.17. The lowest BCUT2D eigenvalue weighted by molar-refractivity contribution is 0.101. The summed E-state index contributed by atoms with van der Waals surface area (Å²) in [5.41, 5.74) is 2.78. The van der Waals surface area contributed by atoms with Gasteiger partial charge in [-0.1, -0.05) is 17.3 Å². The fraction of sp³-hybridized carbons (Fsp3) is 0.500. The quantitative estimate of drug-likeness (QED) is 0.712. The van der Waals surface area contributed by atoms with Crippen LogP contribution in [0.15, 0.2) is 33.7 Å². The van der Waals surface area contributed by atoms with E-state index in [1.165, 1.54) is 35.3 Å². The molecule has 0 N–H and O–H groups in total. The van der Waals surface area contributed by atoms with Crippen molar-refractivity contribution in [3.63, 3.8) is 0 Å². The third-order valence-corrected chi connectivity index (χ3v) is 7.55. The summed E-state index contributed by atoms with van der Waals surface area (Å²) >= 11 is 0. The molecule has 0 radical (unpaired) electrons. The lowest BCUT2D eigenvalue weighted by Crippen LogP contribution is -2.48. The zero-order valence-corrected chi connectivity index (χ0v) is 16.9. The first-order valence-corrected chi connectivity index (χ1v) is 11.2. The van der Waals surface area contributed by atoms with Crippen LogP contribution in [0.3, 0.4) is 0 Å². The van der Waals surface area contributed by atoms with E-state index < -0.39 is 10.0 Å². The number of nitrogens with zero attached hydrogens (tertiary/aromatic N) is 3. The van der Waals surface area contributed by atoms with Crippen LogP contribution in [-0.4, -0.2) is 54.7 Å². The van der Waals surface area contributed by atoms with E-state index in [1.54, 1.807) is 12.1 Å². The number of aromatic nitrogens is 1. The molecule has 8 heteroatoms. The third kappa shape index (κ3) is 3.76. The van der Waals surface area contributed by atoms with Gasteiger partial charge in [-0.25, -0.2) is 8.42 Å². The van der Waals surface area contributed by atoms with Gasteiger partial charge in [0.1, 0.15) is 11.5 Å². The average Bonchev–Trinajstić information content (AvgIpc) is 3.11. The van der Waals surface area contributed by atoms with Crippen LogP contribution in [0.25, 0.3) is 0 Å². The fourth-order valence-electron chi connectivity index (χ4n) is 3.92. The van der Waals surface area contributed by atoms with Crippen molar-refractivity contribution in [1.29, 1.82) is 0 Å². The van der Waals surface area contributed by atoms with Crippen LogP contribution in [0, 0.1) is 0 Å². The van der Waals surface area contributed by atoms with Gasteiger partial charge in [-0.3, -0.25) is 9.69 Å². The standard InChI is InChI=1S/C20H25N3O4S/c1-15(24)16-6-8-17(9-7-16)28(25,26)23-12-10-22(11-13-23)14-19-18-4-2-3-5-20(18)27-21-19/h6-9H,2-5,10-14H2,1H3. The van der Waals surface area contributed by atoms with Crippen LogP contribution >= 0.6 is 0 Å². The van der Waals surface area contributed by atoms with Crippen LogP contribution < -0.4 is 0 Å². The SMILES string of the molecule is CC(=O)c1ccc(S(=O)(=O)N2CCN(Cc3noc4c3CCCC4)CC2)cc1. The number of sulfonamides is 1. The molecule has 4 rings (SSSR count). The van der Waals surface area contributed by atoms with E-state index in [9.17, 15) is 13.2 Å². The fourth-order valence-corrected chi connectivity index (χ4v) is 5.35. The van der Waals surface area contributed by atoms with Crippen molar-refractivity contribution in [3.8, 4) is 0 Å². The van der Waals surface area contributed by atoms with E-state index in [1.807, 2.05) is 0 Å². The van der Waals surface area contributed by atoms with Crippen LogP contribution in [0.2, 0.25) is 0 Å². The summed E-state index contributed by atoms with van der Waals surface area (Å²) in [6.07, 6.45) is 4.33. The molecule has 28 heavy (non-hydrogen) atoms. The minimum absolute atomic E-state index is 0.0763. The van der Waals surface area contributed by atoms with E-state index in [0.717, 1.165) is 30.7 Å². The number of ketones is 1. The van der Waals surface area contributed by atoms with Crippen LogP contribution in [0.4, 0.5) is 0 Å². The van der Waals surface area contributed by atoms with Gasteiger partial charge in [-0.15, -0.1) is 0 Å². The van der Waals surface area contributed by atoms with Crippen molar-refractivity contribution in [2.45, 2.75) is 44.0 Å². The molecule has 0 spiro atoms. The Bertz CT molecular complexity index is 958. The maximum Gasteiger partial charge on any atom is 0.243 e. The zero-order chi connectivity index (χ0) is 19.7. The second kappa shape index (κ2) is 7.77. The van der Waals surface area contributed by atoms with Crippen LogP contribution in [0.5, 0.6) is 0 Å². The average molecular weight is 404 g/mol. The molecule has 2 heterocycles. The highest BCUT2D eigenvalue weighted by Gasteiger charge is 2.29. The Morgan fingerprint density at radius 1 is 1.07 bits per heavy atom. The smallest absolute Gasteiger partial charge is 0.243 e. The number of carbonyl (C=O) groups is 1. The third-order valence-electron chi connectivity index (χ3n) is 5.63. The zero-order valence-electron chi connectivity index (χ0n) is 16.1. The molecule has 0 unspecified atom stereocenters. The molecule has 1 aliphatic carbocycles. The van der Waals surface area contributed by atoms with Crippen LogP contribution in [-0.2, 0) is 29.4 Å². The molecule has 2 aliphatic rings. The summed E-state index contributed by atoms with van der Waals surface area (Å²) < 4.78 is 32.8. The number of piperazine rings is 1. The number of Topliss-reactive ketones (excluding diaryl/α,β-unsaturated/α-hetero) is 1. The Morgan fingerprint density at radius 3 is 2.43 bits per heavy atom. The number of carbonyl (C=O) groups excluding carboxylic acids is 1. The lowest BCUT2D eigenvalue weighted by Gasteiger charge is -2.33. The van der Waals surface area contributed by atoms with Gasteiger partial charge in [-0.05, 0) is 38.3 Å². The number of benzene rings is 1. The van der Waals surface area contributed by atoms with Gasteiger partial charge in [0, 0.05) is 50.3 Å². The molecule has 0 bridgehead atoms. The van der Waals surface area contributed by atoms with Gasteiger partial charge in [0.2, 0.25) is 10.0 Å². The summed E-state index contributed by atoms with van der Waals surface area (Å²) in [7, 11) is -3.54. The van der Waals surface area contributed by atoms with Crippen molar-refractivity contribution in [1.82, 2.24) is 14.4 Å². The minimum atomic E-state index is -3.54. The van der Waals surface area contributed by atoms with Gasteiger partial charge >= 0.3 is 0 Å². The first-order chi connectivity index (χ1) is 13.4. The first-order valence-electron chi connectivity index (χ1n) is 9.75. The Morgan fingerprint density at radius 2 is 1.75 bits per heavy atom. The Hall–Kier alpha value is -2.03. The molecule has 0 amide bonds. The molecular weight excluding hydrogens is 378 g/mol. The van der Waals surface area contributed by atoms with Crippen molar-refractivity contribution in [2.24, 2.45) is 0 Å². The summed E-state index contributed by atoms with van der Waals surface area (Å²) in [5, 5.41) is 4.25. The highest BCUT2D eigenvalue weighted by atomic mass is 32.2. The number of rotatable bonds is 5. The maximum absolute atomic E-state index is 12.9. The second-order valence-corrected chi connectivity index (χ2v) is 9.44. The first kappa shape index (κ1) is 19.3. The lowest BCUT2D eigenvalue weighted by atomic mass is 9.96. The minimum Gasteiger partial charge on any atom is -0.361 e. The van der Waals surface area contributed by atoms with Crippen molar-refractivity contribution >= 4 is 15.8 Å². The van der Waals surface area contributed by atoms with E-state index in [4.69, 9.17) is 4.52 Å². The Balaban J connectivity index is 1.39. The van der Waals surface area contributed by atoms with Crippen molar-refractivity contribution in [3.05, 3.63) is 46.8 Å². The Kier molecular flexibility index (Phi) is 5.35. The number of fused-ring (bicyclic) bond motifs is 1. The molecule has 7 nitrogen and oxygen atoms in total. The number of hydrogen-bond donors (Lipinski definition) is 0. The summed E-state index contributed by atoms with van der Waals surface area (Å²) in [6.45, 7) is 4.38. The Labute approximate surface area is 165 Å². The van der Waals surface area contributed by atoms with Crippen molar-refractivity contribution in [2.75, 3.05) is 26.2 Å². The molecule has 1 fully saturated rings. The van der Waals surface area contributed by atoms with E-state index in [0.29, 0.717) is 38.3 Å². The maximum atomic E-state index is 12.9. The molecule has 1 aliphatic heterocycles. The molecule has 150 valence electrons. The molecule has 0 saturated carbocycles. The van der Waals surface area contributed by atoms with Gasteiger partial charge < -0.3 is 4.52 Å². The van der Waals surface area contributed by atoms with E-state index in [-0.39, 0.29) is 10.7 Å². The highest BCUT2D eigenvalue weighted by molar-refractivity contribution is 7.89. The monoisotopic (exact) mass is 403 g/mol. The molecule has 1 saturated heterocycles. The van der Waals surface area contributed by atoms with Crippen LogP contribution in [0.1, 0.15) is 47.1 Å². The summed E-state index contributed by atoms with van der Waals surface area (Å²) in [4.78, 5) is 13.9. The van der Waals surface area contributed by atoms with Crippen molar-refractivity contribution < 1.29 is 17.7 Å². The normalized spacial score (nSPS) is 18.8. The topological polar surface area (TPSA) is 83.7 Å². The summed E-state index contributed by atoms with van der Waals surface area (Å²) in [5.74, 6) is 0.948. The number of hydrogen-bond acceptors (Lipinski definition) is 6. The molecule has 1 aromatic heterocycles. The molecule has 1 aromatic carbocycles. The van der Waals surface area contributed by atoms with Gasteiger partial charge in [0.15, 0.2) is 5.78 Å². The second-order valence-electron chi connectivity index (χ2n) is 7.50. The molecule has 2 aromatic rings. The molecule has 0 atom stereocenters. The van der Waals surface area contributed by atoms with Gasteiger partial charge in [-0.2, -0.15) is 4.31 Å². The molecular formula is C20H25N3O4S. The van der Waals surface area contributed by atoms with E-state index >= 15 is 0 Å².